The summed E-state index contributed by atoms with van der Waals surface area (Å²) in [5.41, 5.74) is 0. The molecule has 0 aliphatic carbocycles. The van der Waals surface area contributed by atoms with Gasteiger partial charge in [0, 0.05) is 19.2 Å². The fourth-order valence-electron chi connectivity index (χ4n) is 1.77. The second kappa shape index (κ2) is 7.36. The number of rotatable bonds is 5. The van der Waals surface area contributed by atoms with Crippen molar-refractivity contribution in [1.29, 1.82) is 0 Å². The predicted molar refractivity (Wildman–Crippen MR) is 72.8 cm³/mol. The lowest BCUT2D eigenvalue weighted by atomic mass is 10.4. The molecule has 1 saturated heterocycles. The number of carbonyl (C=O) groups is 2. The van der Waals surface area contributed by atoms with E-state index in [1.807, 2.05) is 0 Å². The molecule has 118 valence electrons. The maximum absolute atomic E-state index is 11.7. The quantitative estimate of drug-likeness (QED) is 0.339. The highest BCUT2D eigenvalue weighted by atomic mass is 16.6. The van der Waals surface area contributed by atoms with E-state index in [0.717, 1.165) is 6.08 Å². The summed E-state index contributed by atoms with van der Waals surface area (Å²) in [6.07, 6.45) is 2.27. The van der Waals surface area contributed by atoms with Crippen LogP contribution in [-0.4, -0.2) is 54.6 Å². The molecule has 2 heterocycles. The first kappa shape index (κ1) is 15.7. The average molecular weight is 310 g/mol. The summed E-state index contributed by atoms with van der Waals surface area (Å²) in [7, 11) is 0. The maximum atomic E-state index is 11.7. The van der Waals surface area contributed by atoms with Crippen LogP contribution >= 0.6 is 0 Å². The molecule has 22 heavy (non-hydrogen) atoms. The molecule has 0 spiro atoms. The molecule has 1 aliphatic heterocycles. The zero-order valence-corrected chi connectivity index (χ0v) is 11.6. The van der Waals surface area contributed by atoms with Gasteiger partial charge in [-0.25, -0.2) is 4.79 Å². The number of carbonyl (C=O) groups excluding carboxylic acids is 2. The third-order valence-corrected chi connectivity index (χ3v) is 2.88. The van der Waals surface area contributed by atoms with E-state index in [4.69, 9.17) is 13.9 Å². The molecule has 9 nitrogen and oxygen atoms in total. The van der Waals surface area contributed by atoms with Gasteiger partial charge in [-0.05, 0) is 12.1 Å². The Balaban J connectivity index is 1.78. The number of hydrogen-bond donors (Lipinski definition) is 0. The molecule has 1 aromatic rings. The summed E-state index contributed by atoms with van der Waals surface area (Å²) in [5.74, 6) is -1.31. The molecule has 2 rings (SSSR count). The Bertz CT molecular complexity index is 587. The molecule has 1 aliphatic rings. The van der Waals surface area contributed by atoms with Crippen molar-refractivity contribution in [2.75, 3.05) is 32.9 Å². The van der Waals surface area contributed by atoms with Crippen molar-refractivity contribution in [2.24, 2.45) is 0 Å². The molecule has 9 heteroatoms. The topological polar surface area (TPSA) is 112 Å². The van der Waals surface area contributed by atoms with Crippen molar-refractivity contribution in [3.05, 3.63) is 34.1 Å². The lowest BCUT2D eigenvalue weighted by molar-refractivity contribution is -0.402. The molecule has 0 saturated carbocycles. The number of morpholine rings is 1. The summed E-state index contributed by atoms with van der Waals surface area (Å²) in [4.78, 5) is 34.5. The molecule has 0 radical (unpaired) electrons. The Kier molecular flexibility index (Phi) is 5.26. The zero-order chi connectivity index (χ0) is 15.9. The van der Waals surface area contributed by atoms with Crippen LogP contribution in [0.25, 0.3) is 6.08 Å². The van der Waals surface area contributed by atoms with Gasteiger partial charge in [0.2, 0.25) is 0 Å². The molecule has 0 unspecified atom stereocenters. The minimum absolute atomic E-state index is 0.142. The number of hydrogen-bond acceptors (Lipinski definition) is 7. The molecular weight excluding hydrogens is 296 g/mol. The van der Waals surface area contributed by atoms with Gasteiger partial charge in [0.1, 0.15) is 10.7 Å². The molecule has 0 bridgehead atoms. The Hall–Kier alpha value is -2.68. The van der Waals surface area contributed by atoms with Crippen LogP contribution in [0.1, 0.15) is 5.76 Å². The summed E-state index contributed by atoms with van der Waals surface area (Å²) >= 11 is 0. The van der Waals surface area contributed by atoms with Gasteiger partial charge in [-0.15, -0.1) is 0 Å². The van der Waals surface area contributed by atoms with Crippen LogP contribution in [0.15, 0.2) is 22.6 Å². The molecular formula is C13H14N2O7. The van der Waals surface area contributed by atoms with Crippen molar-refractivity contribution in [1.82, 2.24) is 4.90 Å². The first-order valence-electron chi connectivity index (χ1n) is 6.51. The van der Waals surface area contributed by atoms with Crippen molar-refractivity contribution in [3.63, 3.8) is 0 Å². The minimum Gasteiger partial charge on any atom is -0.452 e. The Morgan fingerprint density at radius 1 is 1.36 bits per heavy atom. The monoisotopic (exact) mass is 310 g/mol. The highest BCUT2D eigenvalue weighted by Gasteiger charge is 2.17. The van der Waals surface area contributed by atoms with Crippen LogP contribution in [0.5, 0.6) is 0 Å². The number of amides is 1. The first-order valence-corrected chi connectivity index (χ1v) is 6.51. The van der Waals surface area contributed by atoms with E-state index >= 15 is 0 Å². The molecule has 1 amide bonds. The molecule has 1 aromatic heterocycles. The van der Waals surface area contributed by atoms with Crippen LogP contribution in [0.2, 0.25) is 0 Å². The van der Waals surface area contributed by atoms with Crippen molar-refractivity contribution >= 4 is 23.8 Å². The number of ether oxygens (including phenoxy) is 2. The van der Waals surface area contributed by atoms with Gasteiger partial charge in [-0.1, -0.05) is 0 Å². The second-order valence-electron chi connectivity index (χ2n) is 4.37. The van der Waals surface area contributed by atoms with Gasteiger partial charge in [0.25, 0.3) is 5.91 Å². The molecule has 0 atom stereocenters. The van der Waals surface area contributed by atoms with Crippen LogP contribution in [0.3, 0.4) is 0 Å². The largest absolute Gasteiger partial charge is 0.452 e. The smallest absolute Gasteiger partial charge is 0.433 e. The van der Waals surface area contributed by atoms with Gasteiger partial charge in [0.05, 0.1) is 19.3 Å². The number of esters is 1. The lowest BCUT2D eigenvalue weighted by Gasteiger charge is -2.26. The average Bonchev–Trinajstić information content (AvgIpc) is 3.00. The fourth-order valence-corrected chi connectivity index (χ4v) is 1.77. The standard InChI is InChI=1S/C13H14N2O7/c16-11(14-5-7-20-8-6-14)9-21-13(17)4-2-10-1-3-12(22-10)15(18)19/h1-4H,5-9H2/b4-2+. The summed E-state index contributed by atoms with van der Waals surface area (Å²) < 4.78 is 14.7. The van der Waals surface area contributed by atoms with Crippen molar-refractivity contribution in [2.45, 2.75) is 0 Å². The van der Waals surface area contributed by atoms with Gasteiger partial charge < -0.3 is 18.8 Å². The predicted octanol–water partition coefficient (Wildman–Crippen LogP) is 0.603. The number of nitrogens with zero attached hydrogens (tertiary/aromatic N) is 2. The number of nitro groups is 1. The summed E-state index contributed by atoms with van der Waals surface area (Å²) in [5, 5.41) is 10.4. The van der Waals surface area contributed by atoms with E-state index in [0.29, 0.717) is 26.3 Å². The zero-order valence-electron chi connectivity index (χ0n) is 11.6. The van der Waals surface area contributed by atoms with Crippen LogP contribution < -0.4 is 0 Å². The number of furan rings is 1. The van der Waals surface area contributed by atoms with E-state index in [1.165, 1.54) is 18.2 Å². The lowest BCUT2D eigenvalue weighted by Crippen LogP contribution is -2.42. The minimum atomic E-state index is -0.735. The van der Waals surface area contributed by atoms with Crippen LogP contribution in [-0.2, 0) is 19.1 Å². The van der Waals surface area contributed by atoms with E-state index in [2.05, 4.69) is 0 Å². The van der Waals surface area contributed by atoms with Crippen molar-refractivity contribution in [3.8, 4) is 0 Å². The Labute approximate surface area is 125 Å². The fraction of sp³-hybridized carbons (Fsp3) is 0.385. The normalized spacial score (nSPS) is 15.0. The Morgan fingerprint density at radius 3 is 2.73 bits per heavy atom. The van der Waals surface area contributed by atoms with Gasteiger partial charge >= 0.3 is 11.9 Å². The van der Waals surface area contributed by atoms with E-state index < -0.39 is 16.8 Å². The highest BCUT2D eigenvalue weighted by molar-refractivity contribution is 5.89. The van der Waals surface area contributed by atoms with E-state index in [9.17, 15) is 19.7 Å². The van der Waals surface area contributed by atoms with Crippen LogP contribution in [0, 0.1) is 10.1 Å². The molecule has 0 N–H and O–H groups in total. The van der Waals surface area contributed by atoms with Crippen molar-refractivity contribution < 1.29 is 28.4 Å². The van der Waals surface area contributed by atoms with Gasteiger partial charge in [-0.3, -0.25) is 14.9 Å². The molecule has 1 fully saturated rings. The van der Waals surface area contributed by atoms with E-state index in [1.54, 1.807) is 4.90 Å². The highest BCUT2D eigenvalue weighted by Crippen LogP contribution is 2.16. The SMILES string of the molecule is O=C(/C=C/c1ccc([N+](=O)[O-])o1)OCC(=O)N1CCOCC1. The third-order valence-electron chi connectivity index (χ3n) is 2.88. The summed E-state index contributed by atoms with van der Waals surface area (Å²) in [6, 6.07) is 2.52. The van der Waals surface area contributed by atoms with Gasteiger partial charge in [0.15, 0.2) is 6.61 Å². The Morgan fingerprint density at radius 2 is 2.09 bits per heavy atom. The second-order valence-corrected chi connectivity index (χ2v) is 4.37. The first-order chi connectivity index (χ1) is 10.6. The maximum Gasteiger partial charge on any atom is 0.433 e. The van der Waals surface area contributed by atoms with Crippen LogP contribution in [0.4, 0.5) is 5.88 Å². The third kappa shape index (κ3) is 4.42. The molecule has 0 aromatic carbocycles. The summed E-state index contributed by atoms with van der Waals surface area (Å²) in [6.45, 7) is 1.53. The van der Waals surface area contributed by atoms with Gasteiger partial charge in [-0.2, -0.15) is 0 Å². The van der Waals surface area contributed by atoms with E-state index in [-0.39, 0.29) is 18.3 Å².